The molecule has 0 fully saturated rings. The van der Waals surface area contributed by atoms with Crippen molar-refractivity contribution < 1.29 is 36.2 Å². The van der Waals surface area contributed by atoms with Gasteiger partial charge in [0, 0.05) is 0 Å². The second-order valence-electron chi connectivity index (χ2n) is 2.19. The van der Waals surface area contributed by atoms with Crippen molar-refractivity contribution in [3.8, 4) is 0 Å². The Kier molecular flexibility index (Phi) is 16.5. The molecular weight excluding hydrogens is 248 g/mol. The molecule has 0 saturated carbocycles. The molecule has 0 spiro atoms. The van der Waals surface area contributed by atoms with Crippen LogP contribution < -0.4 is 0 Å². The Morgan fingerprint density at radius 2 is 0.938 bits per heavy atom. The van der Waals surface area contributed by atoms with Crippen molar-refractivity contribution in [2.75, 3.05) is 0 Å². The number of hydrogen-bond acceptors (Lipinski definition) is 2. The topological polar surface area (TPSA) is 169 Å². The summed E-state index contributed by atoms with van der Waals surface area (Å²) in [6.45, 7) is 0. The molecule has 0 aliphatic heterocycles. The van der Waals surface area contributed by atoms with Crippen LogP contribution in [0.2, 0.25) is 0 Å². The number of carboxylic acid groups (broad SMARTS) is 2. The fourth-order valence-electron chi connectivity index (χ4n) is 0.755. The van der Waals surface area contributed by atoms with Gasteiger partial charge < -0.3 is 26.6 Å². The van der Waals surface area contributed by atoms with Crippen molar-refractivity contribution >= 4 is 49.7 Å². The summed E-state index contributed by atoms with van der Waals surface area (Å²) in [6, 6.07) is 5.02. The van der Waals surface area contributed by atoms with Crippen molar-refractivity contribution in [3.05, 3.63) is 35.4 Å². The van der Waals surface area contributed by atoms with E-state index in [1.807, 2.05) is 0 Å². The van der Waals surface area contributed by atoms with Crippen LogP contribution >= 0.6 is 0 Å². The van der Waals surface area contributed by atoms with E-state index in [4.69, 9.17) is 10.2 Å². The molecule has 0 aliphatic rings. The Bertz CT molecular complexity index is 289. The average Bonchev–Trinajstić information content (AvgIpc) is 2.04. The van der Waals surface area contributed by atoms with E-state index in [0.29, 0.717) is 0 Å². The Hall–Kier alpha value is -0.700. The molecule has 7 nitrogen and oxygen atoms in total. The van der Waals surface area contributed by atoms with Gasteiger partial charge in [0.25, 0.3) is 0 Å². The van der Waals surface area contributed by atoms with Gasteiger partial charge >= 0.3 is 49.7 Å². The molecule has 0 heterocycles. The molecule has 1 rings (SSSR count). The minimum atomic E-state index is -1.06. The third-order valence-corrected chi connectivity index (χ3v) is 1.38. The minimum absolute atomic E-state index is 0. The molecule has 0 aliphatic carbocycles. The SMILES string of the molecule is O.O.O.O=C(O)c1ccc(C(=O)O)cc1.[CaH2]. The maximum atomic E-state index is 10.3. The third kappa shape index (κ3) is 6.72. The summed E-state index contributed by atoms with van der Waals surface area (Å²) in [6.07, 6.45) is 0. The van der Waals surface area contributed by atoms with Gasteiger partial charge in [-0.25, -0.2) is 9.59 Å². The van der Waals surface area contributed by atoms with Gasteiger partial charge in [0.05, 0.1) is 11.1 Å². The first-order chi connectivity index (χ1) is 5.61. The summed E-state index contributed by atoms with van der Waals surface area (Å²) in [5.41, 5.74) is 0.167. The van der Waals surface area contributed by atoms with Gasteiger partial charge in [-0.1, -0.05) is 0 Å². The zero-order valence-electron chi connectivity index (χ0n) is 7.52. The number of rotatable bonds is 2. The van der Waals surface area contributed by atoms with Crippen LogP contribution in [0.4, 0.5) is 0 Å². The van der Waals surface area contributed by atoms with Crippen LogP contribution in [0, 0.1) is 0 Å². The van der Waals surface area contributed by atoms with Crippen molar-refractivity contribution in [2.45, 2.75) is 0 Å². The second kappa shape index (κ2) is 10.8. The van der Waals surface area contributed by atoms with Crippen molar-refractivity contribution in [1.82, 2.24) is 0 Å². The summed E-state index contributed by atoms with van der Waals surface area (Å²) in [5, 5.41) is 16.9. The summed E-state index contributed by atoms with van der Waals surface area (Å²) in [4.78, 5) is 20.7. The van der Waals surface area contributed by atoms with Crippen LogP contribution in [0.15, 0.2) is 24.3 Å². The molecule has 1 aromatic carbocycles. The predicted molar refractivity (Wildman–Crippen MR) is 59.7 cm³/mol. The molecule has 8 N–H and O–H groups in total. The number of benzene rings is 1. The van der Waals surface area contributed by atoms with Gasteiger partial charge in [0.2, 0.25) is 0 Å². The van der Waals surface area contributed by atoms with Gasteiger partial charge in [0.1, 0.15) is 0 Å². The monoisotopic (exact) mass is 262 g/mol. The molecule has 0 radical (unpaired) electrons. The molecule has 0 saturated heterocycles. The Morgan fingerprint density at radius 1 is 0.750 bits per heavy atom. The fourth-order valence-corrected chi connectivity index (χ4v) is 0.755. The average molecular weight is 262 g/mol. The first-order valence-corrected chi connectivity index (χ1v) is 3.18. The molecule has 0 atom stereocenters. The molecule has 8 heteroatoms. The van der Waals surface area contributed by atoms with Crippen LogP contribution in [0.25, 0.3) is 0 Å². The van der Waals surface area contributed by atoms with Crippen molar-refractivity contribution in [2.24, 2.45) is 0 Å². The van der Waals surface area contributed by atoms with Crippen LogP contribution in [-0.2, 0) is 0 Å². The van der Waals surface area contributed by atoms with E-state index in [9.17, 15) is 9.59 Å². The number of carboxylic acids is 2. The van der Waals surface area contributed by atoms with E-state index in [1.165, 1.54) is 24.3 Å². The Morgan fingerprint density at radius 3 is 1.06 bits per heavy atom. The van der Waals surface area contributed by atoms with Crippen LogP contribution in [0.1, 0.15) is 20.7 Å². The van der Waals surface area contributed by atoms with Crippen molar-refractivity contribution in [1.29, 1.82) is 0 Å². The summed E-state index contributed by atoms with van der Waals surface area (Å²) >= 11 is 0. The van der Waals surface area contributed by atoms with Gasteiger partial charge in [-0.3, -0.25) is 0 Å². The Labute approximate surface area is 121 Å². The molecule has 0 amide bonds. The van der Waals surface area contributed by atoms with Gasteiger partial charge in [-0.15, -0.1) is 0 Å². The number of aromatic carboxylic acids is 2. The predicted octanol–water partition coefficient (Wildman–Crippen LogP) is -2.31. The number of carbonyl (C=O) groups is 2. The molecule has 90 valence electrons. The van der Waals surface area contributed by atoms with E-state index < -0.39 is 11.9 Å². The van der Waals surface area contributed by atoms with Crippen LogP contribution in [-0.4, -0.2) is 76.3 Å². The molecule has 0 unspecified atom stereocenters. The van der Waals surface area contributed by atoms with Gasteiger partial charge in [-0.05, 0) is 24.3 Å². The van der Waals surface area contributed by atoms with E-state index in [1.54, 1.807) is 0 Å². The van der Waals surface area contributed by atoms with E-state index in [-0.39, 0.29) is 65.3 Å². The van der Waals surface area contributed by atoms with E-state index >= 15 is 0 Å². The van der Waals surface area contributed by atoms with E-state index in [2.05, 4.69) is 0 Å². The first-order valence-electron chi connectivity index (χ1n) is 3.18. The zero-order chi connectivity index (χ0) is 9.14. The Balaban J connectivity index is -0.000000180. The second-order valence-corrected chi connectivity index (χ2v) is 2.19. The maximum absolute atomic E-state index is 10.3. The molecule has 16 heavy (non-hydrogen) atoms. The van der Waals surface area contributed by atoms with Crippen molar-refractivity contribution in [3.63, 3.8) is 0 Å². The molecular formula is C8H14CaO7. The first kappa shape index (κ1) is 24.5. The summed E-state index contributed by atoms with van der Waals surface area (Å²) in [7, 11) is 0. The quantitative estimate of drug-likeness (QED) is 0.571. The molecule has 1 aromatic rings. The standard InChI is InChI=1S/C8H6O4.Ca.3H2O.2H/c9-7(10)5-1-2-6(4-3-5)8(11)12;;;;;;/h1-4H,(H,9,10)(H,11,12);;3*1H2;;. The normalized spacial score (nSPS) is 7.00. The number of hydrogen-bond donors (Lipinski definition) is 2. The zero-order valence-corrected chi connectivity index (χ0v) is 7.52. The van der Waals surface area contributed by atoms with E-state index in [0.717, 1.165) is 0 Å². The fraction of sp³-hybridized carbons (Fsp3) is 0. The summed E-state index contributed by atoms with van der Waals surface area (Å²) < 4.78 is 0. The third-order valence-electron chi connectivity index (χ3n) is 1.38. The molecule has 0 bridgehead atoms. The van der Waals surface area contributed by atoms with Crippen LogP contribution in [0.5, 0.6) is 0 Å². The van der Waals surface area contributed by atoms with Crippen LogP contribution in [0.3, 0.4) is 0 Å². The van der Waals surface area contributed by atoms with Gasteiger partial charge in [0.15, 0.2) is 0 Å². The van der Waals surface area contributed by atoms with Gasteiger partial charge in [-0.2, -0.15) is 0 Å². The molecule has 0 aromatic heterocycles. The summed E-state index contributed by atoms with van der Waals surface area (Å²) in [5.74, 6) is -2.13.